The lowest BCUT2D eigenvalue weighted by Crippen LogP contribution is -2.09. The number of benzene rings is 2. The van der Waals surface area contributed by atoms with Crippen LogP contribution in [0.3, 0.4) is 0 Å². The third-order valence-electron chi connectivity index (χ3n) is 3.52. The molecule has 0 unspecified atom stereocenters. The molecule has 0 radical (unpaired) electrons. The first-order valence-electron chi connectivity index (χ1n) is 7.23. The Morgan fingerprint density at radius 1 is 1.12 bits per heavy atom. The monoisotopic (exact) mass is 372 g/mol. The molecule has 132 valence electrons. The molecule has 0 aliphatic carbocycles. The molecule has 0 N–H and O–H groups in total. The molecule has 1 aliphatic rings. The number of hydrogen-bond acceptors (Lipinski definition) is 4. The van der Waals surface area contributed by atoms with Crippen LogP contribution in [0, 0.1) is 0 Å². The summed E-state index contributed by atoms with van der Waals surface area (Å²) >= 11 is 6.03. The summed E-state index contributed by atoms with van der Waals surface area (Å²) in [5.41, 5.74) is 0.288. The second-order valence-electron chi connectivity index (χ2n) is 5.34. The predicted octanol–water partition coefficient (Wildman–Crippen LogP) is 4.37. The minimum Gasteiger partial charge on any atom is -0.461 e. The van der Waals surface area contributed by atoms with Gasteiger partial charge in [-0.1, -0.05) is 23.7 Å². The van der Waals surface area contributed by atoms with Crippen molar-refractivity contribution in [2.24, 2.45) is 0 Å². The fraction of sp³-hybridized carbons (Fsp3) is 0.235. The summed E-state index contributed by atoms with van der Waals surface area (Å²) in [7, 11) is 0. The van der Waals surface area contributed by atoms with Gasteiger partial charge in [-0.15, -0.1) is 0 Å². The van der Waals surface area contributed by atoms with Crippen LogP contribution in [-0.2, 0) is 28.7 Å². The van der Waals surface area contributed by atoms with Crippen LogP contribution in [0.1, 0.15) is 16.7 Å². The first-order valence-corrected chi connectivity index (χ1v) is 7.60. The SMILES string of the molecule is O=C(Cc1ccc(C(F)(F)F)cc1)OCc1cc(Cl)c2c(c1)OCO2. The zero-order chi connectivity index (χ0) is 18.0. The van der Waals surface area contributed by atoms with Crippen LogP contribution in [0.4, 0.5) is 13.2 Å². The maximum Gasteiger partial charge on any atom is 0.416 e. The van der Waals surface area contributed by atoms with Gasteiger partial charge in [0, 0.05) is 0 Å². The molecule has 0 atom stereocenters. The van der Waals surface area contributed by atoms with E-state index in [2.05, 4.69) is 0 Å². The van der Waals surface area contributed by atoms with Crippen LogP contribution in [0.5, 0.6) is 11.5 Å². The lowest BCUT2D eigenvalue weighted by atomic mass is 10.1. The van der Waals surface area contributed by atoms with Crippen molar-refractivity contribution < 1.29 is 32.2 Å². The first kappa shape index (κ1) is 17.4. The predicted molar refractivity (Wildman–Crippen MR) is 82.5 cm³/mol. The Bertz CT molecular complexity index is 788. The van der Waals surface area contributed by atoms with E-state index in [1.807, 2.05) is 0 Å². The van der Waals surface area contributed by atoms with Crippen molar-refractivity contribution in [3.8, 4) is 11.5 Å². The summed E-state index contributed by atoms with van der Waals surface area (Å²) in [6.45, 7) is 0.0437. The molecule has 0 saturated carbocycles. The summed E-state index contributed by atoms with van der Waals surface area (Å²) < 4.78 is 53.0. The van der Waals surface area contributed by atoms with E-state index in [0.29, 0.717) is 27.6 Å². The van der Waals surface area contributed by atoms with Crippen molar-refractivity contribution in [2.75, 3.05) is 6.79 Å². The maximum atomic E-state index is 12.5. The summed E-state index contributed by atoms with van der Waals surface area (Å²) in [5, 5.41) is 0.351. The number of fused-ring (bicyclic) bond motifs is 1. The minimum atomic E-state index is -4.41. The Labute approximate surface area is 146 Å². The molecule has 0 fully saturated rings. The molecule has 0 amide bonds. The summed E-state index contributed by atoms with van der Waals surface area (Å²) in [6.07, 6.45) is -4.53. The third kappa shape index (κ3) is 4.17. The molecule has 4 nitrogen and oxygen atoms in total. The van der Waals surface area contributed by atoms with Gasteiger partial charge in [0.2, 0.25) is 6.79 Å². The van der Waals surface area contributed by atoms with E-state index in [-0.39, 0.29) is 19.8 Å². The summed E-state index contributed by atoms with van der Waals surface area (Å²) in [4.78, 5) is 11.9. The molecule has 8 heteroatoms. The normalized spacial score (nSPS) is 13.0. The largest absolute Gasteiger partial charge is 0.461 e. The highest BCUT2D eigenvalue weighted by Crippen LogP contribution is 2.39. The van der Waals surface area contributed by atoms with Crippen molar-refractivity contribution in [1.29, 1.82) is 0 Å². The van der Waals surface area contributed by atoms with Crippen LogP contribution in [0.25, 0.3) is 0 Å². The van der Waals surface area contributed by atoms with Gasteiger partial charge in [0.15, 0.2) is 11.5 Å². The average Bonchev–Trinajstić information content (AvgIpc) is 3.02. The van der Waals surface area contributed by atoms with Gasteiger partial charge in [0.25, 0.3) is 0 Å². The number of halogens is 4. The fourth-order valence-corrected chi connectivity index (χ4v) is 2.59. The van der Waals surface area contributed by atoms with Crippen molar-refractivity contribution in [1.82, 2.24) is 0 Å². The van der Waals surface area contributed by atoms with E-state index in [9.17, 15) is 18.0 Å². The number of esters is 1. The van der Waals surface area contributed by atoms with Gasteiger partial charge in [-0.05, 0) is 35.4 Å². The average molecular weight is 373 g/mol. The van der Waals surface area contributed by atoms with Crippen molar-refractivity contribution in [3.05, 3.63) is 58.1 Å². The first-order chi connectivity index (χ1) is 11.8. The molecule has 0 bridgehead atoms. The molecule has 0 aromatic heterocycles. The number of alkyl halides is 3. The van der Waals surface area contributed by atoms with Crippen molar-refractivity contribution in [2.45, 2.75) is 19.2 Å². The molecular weight excluding hydrogens is 361 g/mol. The quantitative estimate of drug-likeness (QED) is 0.747. The smallest absolute Gasteiger partial charge is 0.416 e. The van der Waals surface area contributed by atoms with E-state index in [1.54, 1.807) is 12.1 Å². The molecule has 1 aliphatic heterocycles. The van der Waals surface area contributed by atoms with Gasteiger partial charge < -0.3 is 14.2 Å². The molecule has 0 saturated heterocycles. The summed E-state index contributed by atoms with van der Waals surface area (Å²) in [6, 6.07) is 7.61. The van der Waals surface area contributed by atoms with Crippen LogP contribution in [0.15, 0.2) is 36.4 Å². The number of ether oxygens (including phenoxy) is 3. The number of carbonyl (C=O) groups is 1. The van der Waals surface area contributed by atoms with E-state index in [1.165, 1.54) is 12.1 Å². The standard InChI is InChI=1S/C17H12ClF3O4/c18-13-5-11(6-14-16(13)25-9-24-14)8-23-15(22)7-10-1-3-12(4-2-10)17(19,20)21/h1-6H,7-9H2. The zero-order valence-corrected chi connectivity index (χ0v) is 13.5. The van der Waals surface area contributed by atoms with E-state index < -0.39 is 17.7 Å². The van der Waals surface area contributed by atoms with Crippen LogP contribution in [0.2, 0.25) is 5.02 Å². The molecule has 2 aromatic rings. The minimum absolute atomic E-state index is 0.0319. The zero-order valence-electron chi connectivity index (χ0n) is 12.7. The van der Waals surface area contributed by atoms with Gasteiger partial charge in [-0.3, -0.25) is 4.79 Å². The van der Waals surface area contributed by atoms with Gasteiger partial charge in [-0.25, -0.2) is 0 Å². The Kier molecular flexibility index (Phi) is 4.76. The maximum absolute atomic E-state index is 12.5. The Balaban J connectivity index is 1.57. The van der Waals surface area contributed by atoms with E-state index in [4.69, 9.17) is 25.8 Å². The lowest BCUT2D eigenvalue weighted by Gasteiger charge is -2.09. The topological polar surface area (TPSA) is 44.8 Å². The van der Waals surface area contributed by atoms with Crippen LogP contribution in [-0.4, -0.2) is 12.8 Å². The fourth-order valence-electron chi connectivity index (χ4n) is 2.30. The Morgan fingerprint density at radius 2 is 1.84 bits per heavy atom. The van der Waals surface area contributed by atoms with Crippen molar-refractivity contribution >= 4 is 17.6 Å². The molecular formula is C17H12ClF3O4. The second-order valence-corrected chi connectivity index (χ2v) is 5.75. The number of carbonyl (C=O) groups excluding carboxylic acids is 1. The molecule has 25 heavy (non-hydrogen) atoms. The highest BCUT2D eigenvalue weighted by Gasteiger charge is 2.30. The molecule has 3 rings (SSSR count). The lowest BCUT2D eigenvalue weighted by molar-refractivity contribution is -0.144. The van der Waals surface area contributed by atoms with Gasteiger partial charge >= 0.3 is 12.1 Å². The highest BCUT2D eigenvalue weighted by molar-refractivity contribution is 6.32. The Hall–Kier alpha value is -2.41. The van der Waals surface area contributed by atoms with E-state index in [0.717, 1.165) is 12.1 Å². The summed E-state index contributed by atoms with van der Waals surface area (Å²) in [5.74, 6) is 0.358. The second kappa shape index (κ2) is 6.84. The van der Waals surface area contributed by atoms with E-state index >= 15 is 0 Å². The molecule has 0 spiro atoms. The van der Waals surface area contributed by atoms with Gasteiger partial charge in [0.1, 0.15) is 6.61 Å². The van der Waals surface area contributed by atoms with Gasteiger partial charge in [-0.2, -0.15) is 13.2 Å². The molecule has 1 heterocycles. The van der Waals surface area contributed by atoms with Crippen LogP contribution < -0.4 is 9.47 Å². The number of rotatable bonds is 4. The van der Waals surface area contributed by atoms with Gasteiger partial charge in [0.05, 0.1) is 17.0 Å². The Morgan fingerprint density at radius 3 is 2.52 bits per heavy atom. The van der Waals surface area contributed by atoms with Crippen molar-refractivity contribution in [3.63, 3.8) is 0 Å². The number of hydrogen-bond donors (Lipinski definition) is 0. The highest BCUT2D eigenvalue weighted by atomic mass is 35.5. The third-order valence-corrected chi connectivity index (χ3v) is 3.80. The molecule has 2 aromatic carbocycles. The van der Waals surface area contributed by atoms with Crippen LogP contribution >= 0.6 is 11.6 Å².